The second kappa shape index (κ2) is 9.83. The quantitative estimate of drug-likeness (QED) is 0.581. The van der Waals surface area contributed by atoms with Crippen molar-refractivity contribution in [3.63, 3.8) is 0 Å². The largest absolute Gasteiger partial charge is 0.385 e. The van der Waals surface area contributed by atoms with Gasteiger partial charge in [-0.3, -0.25) is 0 Å². The molecule has 1 fully saturated rings. The van der Waals surface area contributed by atoms with Crippen LogP contribution in [0.15, 0.2) is 0 Å². The Hall–Kier alpha value is -0.160. The molecule has 1 unspecified atom stereocenters. The summed E-state index contributed by atoms with van der Waals surface area (Å²) in [6, 6.07) is 0. The zero-order valence-corrected chi connectivity index (χ0v) is 11.4. The second-order valence-electron chi connectivity index (χ2n) is 4.71. The molecule has 0 radical (unpaired) electrons. The Bertz CT molecular complexity index is 179. The summed E-state index contributed by atoms with van der Waals surface area (Å²) in [6.45, 7) is 10.5. The van der Waals surface area contributed by atoms with Gasteiger partial charge in [-0.2, -0.15) is 0 Å². The zero-order chi connectivity index (χ0) is 12.3. The van der Waals surface area contributed by atoms with Gasteiger partial charge in [0.2, 0.25) is 0 Å². The van der Waals surface area contributed by atoms with E-state index in [-0.39, 0.29) is 0 Å². The fourth-order valence-electron chi connectivity index (χ4n) is 2.22. The molecule has 1 heterocycles. The number of nitrogens with zero attached hydrogens (tertiary/aromatic N) is 1. The van der Waals surface area contributed by atoms with E-state index in [0.29, 0.717) is 0 Å². The van der Waals surface area contributed by atoms with Crippen molar-refractivity contribution in [1.29, 1.82) is 0 Å². The van der Waals surface area contributed by atoms with Crippen molar-refractivity contribution >= 4 is 0 Å². The van der Waals surface area contributed by atoms with Gasteiger partial charge < -0.3 is 19.7 Å². The highest BCUT2D eigenvalue weighted by molar-refractivity contribution is 4.75. The molecule has 1 atom stereocenters. The Morgan fingerprint density at radius 3 is 2.88 bits per heavy atom. The molecular formula is C13H28N2O2. The first-order valence-corrected chi connectivity index (χ1v) is 6.86. The van der Waals surface area contributed by atoms with Crippen LogP contribution in [0.2, 0.25) is 0 Å². The molecule has 1 saturated heterocycles. The van der Waals surface area contributed by atoms with Gasteiger partial charge in [0.25, 0.3) is 0 Å². The van der Waals surface area contributed by atoms with E-state index in [1.807, 2.05) is 0 Å². The average Bonchev–Trinajstić information content (AvgIpc) is 2.80. The van der Waals surface area contributed by atoms with Gasteiger partial charge >= 0.3 is 0 Å². The Balaban J connectivity index is 1.81. The first-order valence-electron chi connectivity index (χ1n) is 6.86. The second-order valence-corrected chi connectivity index (χ2v) is 4.71. The maximum atomic E-state index is 5.49. The average molecular weight is 244 g/mol. The molecular weight excluding hydrogens is 216 g/mol. The summed E-state index contributed by atoms with van der Waals surface area (Å²) in [4.78, 5) is 2.52. The summed E-state index contributed by atoms with van der Waals surface area (Å²) in [6.07, 6.45) is 2.33. The van der Waals surface area contributed by atoms with E-state index in [0.717, 1.165) is 45.2 Å². The van der Waals surface area contributed by atoms with Crippen LogP contribution in [0.5, 0.6) is 0 Å². The van der Waals surface area contributed by atoms with Crippen LogP contribution in [-0.2, 0) is 9.47 Å². The van der Waals surface area contributed by atoms with Gasteiger partial charge in [-0.15, -0.1) is 0 Å². The third-order valence-corrected chi connectivity index (χ3v) is 3.31. The summed E-state index contributed by atoms with van der Waals surface area (Å²) in [5.41, 5.74) is 0. The lowest BCUT2D eigenvalue weighted by atomic mass is 10.1. The van der Waals surface area contributed by atoms with Crippen LogP contribution in [0.25, 0.3) is 0 Å². The highest BCUT2D eigenvalue weighted by Crippen LogP contribution is 2.14. The van der Waals surface area contributed by atoms with Crippen LogP contribution in [-0.4, -0.2) is 64.6 Å². The van der Waals surface area contributed by atoms with Gasteiger partial charge in [0, 0.05) is 33.4 Å². The van der Waals surface area contributed by atoms with E-state index in [2.05, 4.69) is 17.1 Å². The Kier molecular flexibility index (Phi) is 8.61. The van der Waals surface area contributed by atoms with Crippen molar-refractivity contribution in [1.82, 2.24) is 10.2 Å². The number of ether oxygens (including phenoxy) is 2. The normalized spacial score (nSPS) is 21.2. The van der Waals surface area contributed by atoms with Crippen LogP contribution in [0.1, 0.15) is 19.8 Å². The van der Waals surface area contributed by atoms with Crippen molar-refractivity contribution in [2.75, 3.05) is 59.7 Å². The summed E-state index contributed by atoms with van der Waals surface area (Å²) < 4.78 is 10.4. The minimum Gasteiger partial charge on any atom is -0.385 e. The van der Waals surface area contributed by atoms with Gasteiger partial charge in [-0.1, -0.05) is 6.92 Å². The molecule has 1 aliphatic rings. The minimum absolute atomic E-state index is 0.794. The van der Waals surface area contributed by atoms with Crippen molar-refractivity contribution in [3.8, 4) is 0 Å². The highest BCUT2D eigenvalue weighted by atomic mass is 16.5. The lowest BCUT2D eigenvalue weighted by Crippen LogP contribution is -2.28. The number of hydrogen-bond donors (Lipinski definition) is 1. The van der Waals surface area contributed by atoms with Gasteiger partial charge in [-0.05, 0) is 38.4 Å². The van der Waals surface area contributed by atoms with E-state index in [1.54, 1.807) is 7.11 Å². The molecule has 4 nitrogen and oxygen atoms in total. The SMILES string of the molecule is CCN1CCC(CNCCOCCCOC)C1. The Labute approximate surface area is 106 Å². The molecule has 0 bridgehead atoms. The molecule has 1 aliphatic heterocycles. The number of rotatable bonds is 10. The standard InChI is InChI=1S/C13H28N2O2/c1-3-15-7-5-13(12-15)11-14-6-10-17-9-4-8-16-2/h13-14H,3-12H2,1-2H3. The first-order chi connectivity index (χ1) is 8.36. The van der Waals surface area contributed by atoms with Crippen LogP contribution >= 0.6 is 0 Å². The molecule has 0 aliphatic carbocycles. The van der Waals surface area contributed by atoms with Gasteiger partial charge in [0.15, 0.2) is 0 Å². The van der Waals surface area contributed by atoms with Crippen LogP contribution in [0, 0.1) is 5.92 Å². The molecule has 0 aromatic rings. The molecule has 4 heteroatoms. The Morgan fingerprint density at radius 2 is 2.18 bits per heavy atom. The summed E-state index contributed by atoms with van der Waals surface area (Å²) in [7, 11) is 1.72. The number of methoxy groups -OCH3 is 1. The Morgan fingerprint density at radius 1 is 1.29 bits per heavy atom. The molecule has 1 N–H and O–H groups in total. The minimum atomic E-state index is 0.794. The number of likely N-dealkylation sites (tertiary alicyclic amines) is 1. The van der Waals surface area contributed by atoms with E-state index in [9.17, 15) is 0 Å². The third kappa shape index (κ3) is 6.99. The lowest BCUT2D eigenvalue weighted by molar-refractivity contribution is 0.104. The maximum Gasteiger partial charge on any atom is 0.0590 e. The third-order valence-electron chi connectivity index (χ3n) is 3.31. The highest BCUT2D eigenvalue weighted by Gasteiger charge is 2.20. The zero-order valence-electron chi connectivity index (χ0n) is 11.4. The van der Waals surface area contributed by atoms with Crippen molar-refractivity contribution in [3.05, 3.63) is 0 Å². The van der Waals surface area contributed by atoms with Crippen molar-refractivity contribution < 1.29 is 9.47 Å². The molecule has 0 amide bonds. The maximum absolute atomic E-state index is 5.49. The summed E-state index contributed by atoms with van der Waals surface area (Å²) >= 11 is 0. The van der Waals surface area contributed by atoms with Crippen molar-refractivity contribution in [2.45, 2.75) is 19.8 Å². The molecule has 17 heavy (non-hydrogen) atoms. The predicted molar refractivity (Wildman–Crippen MR) is 70.4 cm³/mol. The van der Waals surface area contributed by atoms with Crippen LogP contribution < -0.4 is 5.32 Å². The summed E-state index contributed by atoms with van der Waals surface area (Å²) in [5.74, 6) is 0.837. The van der Waals surface area contributed by atoms with Gasteiger partial charge in [0.05, 0.1) is 6.61 Å². The fraction of sp³-hybridized carbons (Fsp3) is 1.00. The van der Waals surface area contributed by atoms with Crippen LogP contribution in [0.3, 0.4) is 0 Å². The molecule has 102 valence electrons. The fourth-order valence-corrected chi connectivity index (χ4v) is 2.22. The topological polar surface area (TPSA) is 33.7 Å². The van der Waals surface area contributed by atoms with E-state index in [1.165, 1.54) is 26.1 Å². The van der Waals surface area contributed by atoms with Gasteiger partial charge in [0.1, 0.15) is 0 Å². The molecule has 0 saturated carbocycles. The monoisotopic (exact) mass is 244 g/mol. The van der Waals surface area contributed by atoms with E-state index < -0.39 is 0 Å². The molecule has 0 aromatic carbocycles. The lowest BCUT2D eigenvalue weighted by Gasteiger charge is -2.13. The molecule has 0 aromatic heterocycles. The predicted octanol–water partition coefficient (Wildman–Crippen LogP) is 0.971. The number of hydrogen-bond acceptors (Lipinski definition) is 4. The van der Waals surface area contributed by atoms with E-state index in [4.69, 9.17) is 9.47 Å². The van der Waals surface area contributed by atoms with Crippen LogP contribution in [0.4, 0.5) is 0 Å². The summed E-state index contributed by atoms with van der Waals surface area (Å²) in [5, 5.41) is 3.48. The number of nitrogens with one attached hydrogen (secondary N) is 1. The van der Waals surface area contributed by atoms with Crippen molar-refractivity contribution in [2.24, 2.45) is 5.92 Å². The molecule has 0 spiro atoms. The molecule has 1 rings (SSSR count). The van der Waals surface area contributed by atoms with E-state index >= 15 is 0 Å². The smallest absolute Gasteiger partial charge is 0.0590 e. The first kappa shape index (κ1) is 14.9. The van der Waals surface area contributed by atoms with Gasteiger partial charge in [-0.25, -0.2) is 0 Å².